The Kier molecular flexibility index (Phi) is 6.60. The van der Waals surface area contributed by atoms with Crippen LogP contribution in [0.15, 0.2) is 12.2 Å². The lowest BCUT2D eigenvalue weighted by molar-refractivity contribution is -0.118. The van der Waals surface area contributed by atoms with Crippen LogP contribution in [0.25, 0.3) is 0 Å². The number of carbonyl (C=O) groups excluding carboxylic acids is 2. The summed E-state index contributed by atoms with van der Waals surface area (Å²) in [5.74, 6) is -0.0765. The summed E-state index contributed by atoms with van der Waals surface area (Å²) in [7, 11) is 0. The highest BCUT2D eigenvalue weighted by Crippen LogP contribution is 2.17. The number of carbonyl (C=O) groups is 2. The molecule has 1 aliphatic rings. The molecule has 96 valence electrons. The van der Waals surface area contributed by atoms with Crippen molar-refractivity contribution in [2.45, 2.75) is 64.3 Å². The quantitative estimate of drug-likeness (QED) is 0.722. The van der Waals surface area contributed by atoms with Crippen LogP contribution in [0.4, 0.5) is 0 Å². The lowest BCUT2D eigenvalue weighted by Gasteiger charge is -2.21. The van der Waals surface area contributed by atoms with Crippen molar-refractivity contribution < 1.29 is 9.59 Å². The minimum absolute atomic E-state index is 0.0469. The Morgan fingerprint density at radius 1 is 1.18 bits per heavy atom. The van der Waals surface area contributed by atoms with Crippen molar-refractivity contribution in [3.8, 4) is 0 Å². The van der Waals surface area contributed by atoms with E-state index in [4.69, 9.17) is 0 Å². The summed E-state index contributed by atoms with van der Waals surface area (Å²) >= 11 is 0. The second-order valence-corrected chi connectivity index (χ2v) is 4.75. The third kappa shape index (κ3) is 6.25. The van der Waals surface area contributed by atoms with E-state index in [1.54, 1.807) is 0 Å². The van der Waals surface area contributed by atoms with Crippen molar-refractivity contribution in [3.63, 3.8) is 0 Å². The molecule has 0 aliphatic heterocycles. The van der Waals surface area contributed by atoms with Crippen LogP contribution in [0.1, 0.15) is 58.3 Å². The van der Waals surface area contributed by atoms with E-state index >= 15 is 0 Å². The highest BCUT2D eigenvalue weighted by atomic mass is 16.1. The van der Waals surface area contributed by atoms with Crippen LogP contribution in [0.2, 0.25) is 0 Å². The number of hydrogen-bond donors (Lipinski definition) is 1. The van der Waals surface area contributed by atoms with Gasteiger partial charge in [-0.15, -0.1) is 0 Å². The van der Waals surface area contributed by atoms with Crippen molar-refractivity contribution in [1.29, 1.82) is 0 Å². The van der Waals surface area contributed by atoms with Gasteiger partial charge in [0.15, 0.2) is 5.78 Å². The van der Waals surface area contributed by atoms with Gasteiger partial charge in [0.2, 0.25) is 5.91 Å². The lowest BCUT2D eigenvalue weighted by Crippen LogP contribution is -2.35. The van der Waals surface area contributed by atoms with Crippen molar-refractivity contribution in [2.24, 2.45) is 0 Å². The average molecular weight is 237 g/mol. The maximum Gasteiger partial charge on any atom is 0.244 e. The van der Waals surface area contributed by atoms with Gasteiger partial charge in [-0.3, -0.25) is 9.59 Å². The zero-order valence-corrected chi connectivity index (χ0v) is 10.7. The SMILES string of the molecule is CCCCC(=O)/C=C/C(=O)NC1CCCCC1. The molecule has 17 heavy (non-hydrogen) atoms. The van der Waals surface area contributed by atoms with Crippen LogP contribution in [-0.4, -0.2) is 17.7 Å². The molecule has 1 aliphatic carbocycles. The number of hydrogen-bond acceptors (Lipinski definition) is 2. The molecule has 1 amide bonds. The van der Waals surface area contributed by atoms with E-state index in [-0.39, 0.29) is 11.7 Å². The van der Waals surface area contributed by atoms with Crippen LogP contribution in [0.5, 0.6) is 0 Å². The Bertz CT molecular complexity index is 278. The maximum absolute atomic E-state index is 11.5. The number of rotatable bonds is 6. The molecule has 0 aromatic carbocycles. The van der Waals surface area contributed by atoms with E-state index in [1.807, 2.05) is 6.92 Å². The monoisotopic (exact) mass is 237 g/mol. The first-order valence-corrected chi connectivity index (χ1v) is 6.73. The van der Waals surface area contributed by atoms with Gasteiger partial charge in [0.1, 0.15) is 0 Å². The summed E-state index contributed by atoms with van der Waals surface area (Å²) in [6.45, 7) is 2.05. The summed E-state index contributed by atoms with van der Waals surface area (Å²) in [6.07, 6.45) is 11.1. The molecule has 0 bridgehead atoms. The first-order chi connectivity index (χ1) is 8.22. The Hall–Kier alpha value is -1.12. The van der Waals surface area contributed by atoms with E-state index in [0.29, 0.717) is 12.5 Å². The fourth-order valence-electron chi connectivity index (χ4n) is 2.10. The van der Waals surface area contributed by atoms with Gasteiger partial charge in [0.05, 0.1) is 0 Å². The van der Waals surface area contributed by atoms with Gasteiger partial charge >= 0.3 is 0 Å². The van der Waals surface area contributed by atoms with E-state index < -0.39 is 0 Å². The predicted octanol–water partition coefficient (Wildman–Crippen LogP) is 2.75. The van der Waals surface area contributed by atoms with Gasteiger partial charge in [-0.25, -0.2) is 0 Å². The van der Waals surface area contributed by atoms with Crippen LogP contribution in [0.3, 0.4) is 0 Å². The normalized spacial score (nSPS) is 17.2. The van der Waals surface area contributed by atoms with Crippen molar-refractivity contribution in [2.75, 3.05) is 0 Å². The molecule has 0 atom stereocenters. The van der Waals surface area contributed by atoms with Crippen LogP contribution in [0, 0.1) is 0 Å². The predicted molar refractivity (Wildman–Crippen MR) is 68.7 cm³/mol. The molecule has 1 rings (SSSR count). The minimum atomic E-state index is -0.123. The second-order valence-electron chi connectivity index (χ2n) is 4.75. The largest absolute Gasteiger partial charge is 0.350 e. The maximum atomic E-state index is 11.5. The third-order valence-electron chi connectivity index (χ3n) is 3.15. The smallest absolute Gasteiger partial charge is 0.244 e. The Balaban J connectivity index is 2.23. The van der Waals surface area contributed by atoms with E-state index in [0.717, 1.165) is 25.7 Å². The third-order valence-corrected chi connectivity index (χ3v) is 3.15. The molecule has 0 radical (unpaired) electrons. The van der Waals surface area contributed by atoms with E-state index in [1.165, 1.54) is 31.4 Å². The molecule has 1 saturated carbocycles. The second kappa shape index (κ2) is 8.04. The van der Waals surface area contributed by atoms with Gasteiger partial charge in [-0.05, 0) is 25.3 Å². The van der Waals surface area contributed by atoms with Gasteiger partial charge in [-0.1, -0.05) is 32.6 Å². The van der Waals surface area contributed by atoms with Gasteiger partial charge < -0.3 is 5.32 Å². The summed E-state index contributed by atoms with van der Waals surface area (Å²) in [6, 6.07) is 0.312. The van der Waals surface area contributed by atoms with Crippen molar-refractivity contribution in [3.05, 3.63) is 12.2 Å². The van der Waals surface area contributed by atoms with Crippen LogP contribution in [-0.2, 0) is 9.59 Å². The molecule has 1 fully saturated rings. The van der Waals surface area contributed by atoms with Crippen LogP contribution < -0.4 is 5.32 Å². The summed E-state index contributed by atoms with van der Waals surface area (Å²) < 4.78 is 0. The number of nitrogens with one attached hydrogen (secondary N) is 1. The molecule has 0 spiro atoms. The molecule has 3 heteroatoms. The summed E-state index contributed by atoms with van der Waals surface area (Å²) in [5.41, 5.74) is 0. The lowest BCUT2D eigenvalue weighted by atomic mass is 9.95. The molecular weight excluding hydrogens is 214 g/mol. The Morgan fingerprint density at radius 2 is 1.88 bits per heavy atom. The van der Waals surface area contributed by atoms with Crippen LogP contribution >= 0.6 is 0 Å². The van der Waals surface area contributed by atoms with Crippen molar-refractivity contribution in [1.82, 2.24) is 5.32 Å². The molecule has 0 aromatic heterocycles. The standard InChI is InChI=1S/C14H23NO2/c1-2-3-9-13(16)10-11-14(17)15-12-7-5-4-6-8-12/h10-12H,2-9H2,1H3,(H,15,17)/b11-10+. The topological polar surface area (TPSA) is 46.2 Å². The zero-order chi connectivity index (χ0) is 12.5. The summed E-state index contributed by atoms with van der Waals surface area (Å²) in [5, 5.41) is 2.95. The van der Waals surface area contributed by atoms with Gasteiger partial charge in [0, 0.05) is 18.5 Å². The number of amides is 1. The molecular formula is C14H23NO2. The molecule has 0 unspecified atom stereocenters. The first kappa shape index (κ1) is 13.9. The number of ketones is 1. The number of unbranched alkanes of at least 4 members (excludes halogenated alkanes) is 1. The fourth-order valence-corrected chi connectivity index (χ4v) is 2.10. The molecule has 0 aromatic rings. The molecule has 0 heterocycles. The van der Waals surface area contributed by atoms with E-state index in [9.17, 15) is 9.59 Å². The number of allylic oxidation sites excluding steroid dienone is 1. The van der Waals surface area contributed by atoms with E-state index in [2.05, 4.69) is 5.32 Å². The van der Waals surface area contributed by atoms with Gasteiger partial charge in [-0.2, -0.15) is 0 Å². The fraction of sp³-hybridized carbons (Fsp3) is 0.714. The van der Waals surface area contributed by atoms with Gasteiger partial charge in [0.25, 0.3) is 0 Å². The zero-order valence-electron chi connectivity index (χ0n) is 10.7. The Morgan fingerprint density at radius 3 is 2.53 bits per heavy atom. The minimum Gasteiger partial charge on any atom is -0.350 e. The molecule has 0 saturated heterocycles. The summed E-state index contributed by atoms with van der Waals surface area (Å²) in [4.78, 5) is 22.9. The Labute approximate surface area is 104 Å². The van der Waals surface area contributed by atoms with Crippen molar-refractivity contribution >= 4 is 11.7 Å². The first-order valence-electron chi connectivity index (χ1n) is 6.73. The molecule has 3 nitrogen and oxygen atoms in total. The highest BCUT2D eigenvalue weighted by molar-refractivity contribution is 5.97. The molecule has 1 N–H and O–H groups in total. The highest BCUT2D eigenvalue weighted by Gasteiger charge is 2.14. The average Bonchev–Trinajstić information content (AvgIpc) is 2.35.